The summed E-state index contributed by atoms with van der Waals surface area (Å²) >= 11 is 11.8. The highest BCUT2D eigenvalue weighted by molar-refractivity contribution is 6.32. The zero-order valence-corrected chi connectivity index (χ0v) is 13.2. The maximum atomic E-state index is 11.9. The van der Waals surface area contributed by atoms with Crippen LogP contribution >= 0.6 is 23.2 Å². The molecule has 2 aromatic rings. The number of nitrogens with one attached hydrogen (secondary N) is 1. The van der Waals surface area contributed by atoms with Gasteiger partial charge in [0.2, 0.25) is 0 Å². The molecular formula is C15H13Cl2N3O2. The second-order valence-corrected chi connectivity index (χ2v) is 4.95. The highest BCUT2D eigenvalue weighted by atomic mass is 35.5. The molecule has 0 radical (unpaired) electrons. The molecular weight excluding hydrogens is 325 g/mol. The Morgan fingerprint density at radius 1 is 1.41 bits per heavy atom. The van der Waals surface area contributed by atoms with Crippen LogP contribution in [-0.4, -0.2) is 23.7 Å². The smallest absolute Gasteiger partial charge is 0.274 e. The number of hydrazone groups is 1. The summed E-state index contributed by atoms with van der Waals surface area (Å²) in [5, 5.41) is 4.56. The molecule has 0 bridgehead atoms. The third-order valence-corrected chi connectivity index (χ3v) is 3.18. The Morgan fingerprint density at radius 2 is 2.23 bits per heavy atom. The number of halogens is 2. The molecule has 1 aromatic carbocycles. The molecule has 22 heavy (non-hydrogen) atoms. The molecule has 1 aromatic heterocycles. The SMILES string of the molecule is CCOc1ccc(Cl)cc1C=NNC(=O)c1cccnc1Cl. The van der Waals surface area contributed by atoms with E-state index in [1.807, 2.05) is 6.92 Å². The quantitative estimate of drug-likeness (QED) is 0.515. The number of ether oxygens (including phenoxy) is 1. The van der Waals surface area contributed by atoms with Gasteiger partial charge < -0.3 is 4.74 Å². The number of hydrogen-bond acceptors (Lipinski definition) is 4. The summed E-state index contributed by atoms with van der Waals surface area (Å²) in [6.07, 6.45) is 2.96. The van der Waals surface area contributed by atoms with Gasteiger partial charge in [0.1, 0.15) is 10.9 Å². The second kappa shape index (κ2) is 7.77. The van der Waals surface area contributed by atoms with Crippen molar-refractivity contribution < 1.29 is 9.53 Å². The van der Waals surface area contributed by atoms with Crippen LogP contribution in [0.3, 0.4) is 0 Å². The van der Waals surface area contributed by atoms with Gasteiger partial charge in [-0.05, 0) is 37.3 Å². The molecule has 0 aliphatic heterocycles. The monoisotopic (exact) mass is 337 g/mol. The molecule has 5 nitrogen and oxygen atoms in total. The number of nitrogens with zero attached hydrogens (tertiary/aromatic N) is 2. The number of amides is 1. The number of pyridine rings is 1. The molecule has 114 valence electrons. The molecule has 7 heteroatoms. The Bertz CT molecular complexity index is 705. The zero-order chi connectivity index (χ0) is 15.9. The lowest BCUT2D eigenvalue weighted by Gasteiger charge is -2.07. The molecule has 0 spiro atoms. The lowest BCUT2D eigenvalue weighted by atomic mass is 10.2. The van der Waals surface area contributed by atoms with Crippen LogP contribution in [0.2, 0.25) is 10.2 Å². The minimum Gasteiger partial charge on any atom is -0.493 e. The van der Waals surface area contributed by atoms with Gasteiger partial charge in [-0.3, -0.25) is 4.79 Å². The van der Waals surface area contributed by atoms with Crippen molar-refractivity contribution in [3.8, 4) is 5.75 Å². The lowest BCUT2D eigenvalue weighted by Crippen LogP contribution is -2.18. The number of benzene rings is 1. The summed E-state index contributed by atoms with van der Waals surface area (Å²) < 4.78 is 5.46. The average Bonchev–Trinajstić information content (AvgIpc) is 2.50. The number of aromatic nitrogens is 1. The summed E-state index contributed by atoms with van der Waals surface area (Å²) in [5.74, 6) is 0.179. The van der Waals surface area contributed by atoms with Crippen molar-refractivity contribution in [2.45, 2.75) is 6.92 Å². The van der Waals surface area contributed by atoms with Crippen molar-refractivity contribution in [3.63, 3.8) is 0 Å². The maximum Gasteiger partial charge on any atom is 0.274 e. The molecule has 2 rings (SSSR count). The Kier molecular flexibility index (Phi) is 5.75. The Balaban J connectivity index is 2.11. The zero-order valence-electron chi connectivity index (χ0n) is 11.7. The van der Waals surface area contributed by atoms with Gasteiger partial charge in [0, 0.05) is 16.8 Å². The molecule has 1 N–H and O–H groups in total. The van der Waals surface area contributed by atoms with Gasteiger partial charge in [0.25, 0.3) is 5.91 Å². The van der Waals surface area contributed by atoms with E-state index in [1.165, 1.54) is 12.4 Å². The van der Waals surface area contributed by atoms with Crippen molar-refractivity contribution in [1.82, 2.24) is 10.4 Å². The van der Waals surface area contributed by atoms with E-state index in [-0.39, 0.29) is 10.7 Å². The first-order valence-corrected chi connectivity index (χ1v) is 7.23. The third-order valence-electron chi connectivity index (χ3n) is 2.65. The van der Waals surface area contributed by atoms with Gasteiger partial charge in [0.15, 0.2) is 0 Å². The second-order valence-electron chi connectivity index (χ2n) is 4.16. The topological polar surface area (TPSA) is 63.6 Å². The largest absolute Gasteiger partial charge is 0.493 e. The van der Waals surface area contributed by atoms with Crippen LogP contribution in [0.1, 0.15) is 22.8 Å². The van der Waals surface area contributed by atoms with E-state index in [1.54, 1.807) is 30.3 Å². The Morgan fingerprint density at radius 3 is 2.95 bits per heavy atom. The van der Waals surface area contributed by atoms with E-state index in [2.05, 4.69) is 15.5 Å². The van der Waals surface area contributed by atoms with Crippen LogP contribution < -0.4 is 10.2 Å². The fourth-order valence-electron chi connectivity index (χ4n) is 1.68. The lowest BCUT2D eigenvalue weighted by molar-refractivity contribution is 0.0955. The number of hydrogen-bond donors (Lipinski definition) is 1. The van der Waals surface area contributed by atoms with Gasteiger partial charge in [-0.2, -0.15) is 5.10 Å². The van der Waals surface area contributed by atoms with E-state index in [4.69, 9.17) is 27.9 Å². The molecule has 0 atom stereocenters. The summed E-state index contributed by atoms with van der Waals surface area (Å²) in [7, 11) is 0. The van der Waals surface area contributed by atoms with Crippen molar-refractivity contribution in [3.05, 3.63) is 57.8 Å². The van der Waals surface area contributed by atoms with Crippen molar-refractivity contribution in [2.75, 3.05) is 6.61 Å². The number of carbonyl (C=O) groups is 1. The first kappa shape index (κ1) is 16.3. The van der Waals surface area contributed by atoms with Crippen LogP contribution in [0.5, 0.6) is 5.75 Å². The fourth-order valence-corrected chi connectivity index (χ4v) is 2.07. The molecule has 0 unspecified atom stereocenters. The highest BCUT2D eigenvalue weighted by Gasteiger charge is 2.09. The summed E-state index contributed by atoms with van der Waals surface area (Å²) in [6, 6.07) is 8.34. The van der Waals surface area contributed by atoms with Gasteiger partial charge in [-0.25, -0.2) is 10.4 Å². The standard InChI is InChI=1S/C15H13Cl2N3O2/c1-2-22-13-6-5-11(16)8-10(13)9-19-20-15(21)12-4-3-7-18-14(12)17/h3-9H,2H2,1H3,(H,20,21). The van der Waals surface area contributed by atoms with Crippen molar-refractivity contribution in [2.24, 2.45) is 5.10 Å². The average molecular weight is 338 g/mol. The predicted molar refractivity (Wildman–Crippen MR) is 86.9 cm³/mol. The van der Waals surface area contributed by atoms with Gasteiger partial charge in [-0.15, -0.1) is 0 Å². The molecule has 0 aliphatic rings. The van der Waals surface area contributed by atoms with Gasteiger partial charge >= 0.3 is 0 Å². The van der Waals surface area contributed by atoms with Crippen molar-refractivity contribution in [1.29, 1.82) is 0 Å². The number of carbonyl (C=O) groups excluding carboxylic acids is 1. The summed E-state index contributed by atoms with van der Waals surface area (Å²) in [4.78, 5) is 15.8. The first-order chi connectivity index (χ1) is 10.6. The van der Waals surface area contributed by atoms with Gasteiger partial charge in [0.05, 0.1) is 18.4 Å². The summed E-state index contributed by atoms with van der Waals surface area (Å²) in [6.45, 7) is 2.39. The number of rotatable bonds is 5. The van der Waals surface area contributed by atoms with Crippen LogP contribution in [0.4, 0.5) is 0 Å². The molecule has 0 aliphatic carbocycles. The van der Waals surface area contributed by atoms with E-state index >= 15 is 0 Å². The minimum absolute atomic E-state index is 0.118. The molecule has 0 saturated carbocycles. The molecule has 0 saturated heterocycles. The van der Waals surface area contributed by atoms with Gasteiger partial charge in [-0.1, -0.05) is 23.2 Å². The molecule has 1 amide bonds. The van der Waals surface area contributed by atoms with E-state index in [9.17, 15) is 4.79 Å². The maximum absolute atomic E-state index is 11.9. The Labute approximate surface area is 137 Å². The molecule has 0 fully saturated rings. The minimum atomic E-state index is -0.450. The van der Waals surface area contributed by atoms with Crippen LogP contribution in [-0.2, 0) is 0 Å². The first-order valence-electron chi connectivity index (χ1n) is 6.48. The van der Waals surface area contributed by atoms with E-state index in [0.717, 1.165) is 0 Å². The Hall–Kier alpha value is -2.11. The fraction of sp³-hybridized carbons (Fsp3) is 0.133. The van der Waals surface area contributed by atoms with Crippen LogP contribution in [0.15, 0.2) is 41.6 Å². The van der Waals surface area contributed by atoms with Crippen molar-refractivity contribution >= 4 is 35.3 Å². The predicted octanol–water partition coefficient (Wildman–Crippen LogP) is 3.55. The normalized spacial score (nSPS) is 10.7. The highest BCUT2D eigenvalue weighted by Crippen LogP contribution is 2.21. The van der Waals surface area contributed by atoms with Crippen LogP contribution in [0.25, 0.3) is 0 Å². The summed E-state index contributed by atoms with van der Waals surface area (Å²) in [5.41, 5.74) is 3.29. The van der Waals surface area contributed by atoms with E-state index < -0.39 is 5.91 Å². The van der Waals surface area contributed by atoms with E-state index in [0.29, 0.717) is 22.9 Å². The third kappa shape index (κ3) is 4.19. The molecule has 1 heterocycles. The van der Waals surface area contributed by atoms with Crippen LogP contribution in [0, 0.1) is 0 Å².